The molecule has 2 aromatic carbocycles. The van der Waals surface area contributed by atoms with Crippen molar-refractivity contribution in [1.29, 1.82) is 0 Å². The summed E-state index contributed by atoms with van der Waals surface area (Å²) < 4.78 is 19.2. The molecule has 19 heavy (non-hydrogen) atoms. The van der Waals surface area contributed by atoms with Gasteiger partial charge in [-0.25, -0.2) is 4.39 Å². The van der Waals surface area contributed by atoms with E-state index in [9.17, 15) is 4.39 Å². The van der Waals surface area contributed by atoms with Gasteiger partial charge in [0.2, 0.25) is 0 Å². The molecule has 0 bridgehead atoms. The molecule has 1 nitrogen and oxygen atoms in total. The number of benzene rings is 2. The molecular formula is C16H16ClFO. The second-order valence-electron chi connectivity index (χ2n) is 4.36. The zero-order valence-corrected chi connectivity index (χ0v) is 11.6. The standard InChI is InChI=1S/C16H16ClFO/c1-2-12-3-5-13(6-4-12)11-19-16-8-7-14(10-17)9-15(16)18/h3-9H,2,10-11H2,1H3. The fraction of sp³-hybridized carbons (Fsp3) is 0.250. The maximum absolute atomic E-state index is 13.7. The van der Waals surface area contributed by atoms with Gasteiger partial charge in [0.1, 0.15) is 6.61 Å². The van der Waals surface area contributed by atoms with Crippen LogP contribution in [0.25, 0.3) is 0 Å². The third kappa shape index (κ3) is 3.71. The average molecular weight is 279 g/mol. The molecule has 0 spiro atoms. The minimum Gasteiger partial charge on any atom is -0.486 e. The first-order valence-corrected chi connectivity index (χ1v) is 6.81. The zero-order valence-electron chi connectivity index (χ0n) is 10.8. The van der Waals surface area contributed by atoms with E-state index >= 15 is 0 Å². The van der Waals surface area contributed by atoms with Gasteiger partial charge in [-0.05, 0) is 35.2 Å². The second-order valence-corrected chi connectivity index (χ2v) is 4.62. The number of ether oxygens (including phenoxy) is 1. The lowest BCUT2D eigenvalue weighted by molar-refractivity contribution is 0.290. The van der Waals surface area contributed by atoms with Crippen LogP contribution in [0.4, 0.5) is 4.39 Å². The highest BCUT2D eigenvalue weighted by Gasteiger charge is 2.05. The molecule has 0 aliphatic carbocycles. The normalized spacial score (nSPS) is 10.5. The topological polar surface area (TPSA) is 9.23 Å². The molecule has 2 rings (SSSR count). The third-order valence-electron chi connectivity index (χ3n) is 2.98. The van der Waals surface area contributed by atoms with Crippen molar-refractivity contribution in [2.24, 2.45) is 0 Å². The van der Waals surface area contributed by atoms with Crippen molar-refractivity contribution in [3.8, 4) is 5.75 Å². The molecule has 0 N–H and O–H groups in total. The Labute approximate surface area is 118 Å². The van der Waals surface area contributed by atoms with Crippen molar-refractivity contribution >= 4 is 11.6 Å². The Hall–Kier alpha value is -1.54. The minimum atomic E-state index is -0.372. The fourth-order valence-corrected chi connectivity index (χ4v) is 1.94. The molecule has 100 valence electrons. The van der Waals surface area contributed by atoms with Crippen LogP contribution in [-0.4, -0.2) is 0 Å². The van der Waals surface area contributed by atoms with Gasteiger partial charge in [0.25, 0.3) is 0 Å². The van der Waals surface area contributed by atoms with E-state index in [4.69, 9.17) is 16.3 Å². The van der Waals surface area contributed by atoms with Crippen molar-refractivity contribution in [3.05, 3.63) is 65.0 Å². The molecule has 0 radical (unpaired) electrons. The summed E-state index contributed by atoms with van der Waals surface area (Å²) in [6.07, 6.45) is 1.01. The van der Waals surface area contributed by atoms with E-state index in [1.807, 2.05) is 12.1 Å². The fourth-order valence-electron chi connectivity index (χ4n) is 1.78. The van der Waals surface area contributed by atoms with Crippen molar-refractivity contribution in [3.63, 3.8) is 0 Å². The Balaban J connectivity index is 2.01. The van der Waals surface area contributed by atoms with Crippen molar-refractivity contribution in [2.75, 3.05) is 0 Å². The van der Waals surface area contributed by atoms with E-state index in [0.717, 1.165) is 17.5 Å². The molecule has 2 aromatic rings. The highest BCUT2D eigenvalue weighted by atomic mass is 35.5. The van der Waals surface area contributed by atoms with Gasteiger partial charge in [-0.15, -0.1) is 11.6 Å². The molecule has 3 heteroatoms. The lowest BCUT2D eigenvalue weighted by atomic mass is 10.1. The number of hydrogen-bond acceptors (Lipinski definition) is 1. The smallest absolute Gasteiger partial charge is 0.165 e. The molecule has 0 heterocycles. The summed E-state index contributed by atoms with van der Waals surface area (Å²) in [5, 5.41) is 0. The SMILES string of the molecule is CCc1ccc(COc2ccc(CCl)cc2F)cc1. The number of aryl methyl sites for hydroxylation is 1. The van der Waals surface area contributed by atoms with E-state index in [1.165, 1.54) is 11.6 Å². The average Bonchev–Trinajstić information content (AvgIpc) is 2.46. The number of rotatable bonds is 5. The third-order valence-corrected chi connectivity index (χ3v) is 3.28. The summed E-state index contributed by atoms with van der Waals surface area (Å²) in [4.78, 5) is 0. The Bertz CT molecular complexity index is 537. The van der Waals surface area contributed by atoms with Gasteiger partial charge in [0.05, 0.1) is 0 Å². The van der Waals surface area contributed by atoms with Crippen LogP contribution in [-0.2, 0) is 18.9 Å². The van der Waals surface area contributed by atoms with Gasteiger partial charge < -0.3 is 4.74 Å². The lowest BCUT2D eigenvalue weighted by Crippen LogP contribution is -1.98. The highest BCUT2D eigenvalue weighted by molar-refractivity contribution is 6.17. The van der Waals surface area contributed by atoms with Gasteiger partial charge in [-0.1, -0.05) is 37.3 Å². The maximum Gasteiger partial charge on any atom is 0.165 e. The Kier molecular flexibility index (Phi) is 4.80. The van der Waals surface area contributed by atoms with E-state index < -0.39 is 0 Å². The van der Waals surface area contributed by atoms with Gasteiger partial charge in [-0.3, -0.25) is 0 Å². The van der Waals surface area contributed by atoms with Crippen LogP contribution in [0.5, 0.6) is 5.75 Å². The van der Waals surface area contributed by atoms with Crippen molar-refractivity contribution < 1.29 is 9.13 Å². The van der Waals surface area contributed by atoms with Crippen LogP contribution in [0.2, 0.25) is 0 Å². The molecule has 0 fully saturated rings. The summed E-state index contributed by atoms with van der Waals surface area (Å²) in [6.45, 7) is 2.47. The number of alkyl halides is 1. The largest absolute Gasteiger partial charge is 0.486 e. The minimum absolute atomic E-state index is 0.258. The van der Waals surface area contributed by atoms with Gasteiger partial charge in [0, 0.05) is 5.88 Å². The Morgan fingerprint density at radius 3 is 2.21 bits per heavy atom. The molecule has 0 saturated heterocycles. The Morgan fingerprint density at radius 2 is 1.63 bits per heavy atom. The maximum atomic E-state index is 13.7. The van der Waals surface area contributed by atoms with Crippen LogP contribution < -0.4 is 4.74 Å². The molecule has 0 aliphatic rings. The molecule has 0 aliphatic heterocycles. The second kappa shape index (κ2) is 6.58. The van der Waals surface area contributed by atoms with Crippen LogP contribution in [0.1, 0.15) is 23.6 Å². The predicted octanol–water partition coefficient (Wildman–Crippen LogP) is 4.71. The predicted molar refractivity (Wildman–Crippen MR) is 76.1 cm³/mol. The molecule has 0 amide bonds. The van der Waals surface area contributed by atoms with Crippen molar-refractivity contribution in [2.45, 2.75) is 25.8 Å². The van der Waals surface area contributed by atoms with Crippen LogP contribution >= 0.6 is 11.6 Å². The van der Waals surface area contributed by atoms with Crippen molar-refractivity contribution in [1.82, 2.24) is 0 Å². The zero-order chi connectivity index (χ0) is 13.7. The van der Waals surface area contributed by atoms with Gasteiger partial charge in [0.15, 0.2) is 11.6 Å². The van der Waals surface area contributed by atoms with E-state index in [2.05, 4.69) is 19.1 Å². The molecular weight excluding hydrogens is 263 g/mol. The van der Waals surface area contributed by atoms with Crippen LogP contribution in [0, 0.1) is 5.82 Å². The van der Waals surface area contributed by atoms with E-state index in [1.54, 1.807) is 12.1 Å². The molecule has 0 unspecified atom stereocenters. The lowest BCUT2D eigenvalue weighted by Gasteiger charge is -2.08. The monoisotopic (exact) mass is 278 g/mol. The summed E-state index contributed by atoms with van der Waals surface area (Å²) in [5.41, 5.74) is 3.05. The molecule has 0 aromatic heterocycles. The Morgan fingerprint density at radius 1 is 1.00 bits per heavy atom. The van der Waals surface area contributed by atoms with Gasteiger partial charge in [-0.2, -0.15) is 0 Å². The van der Waals surface area contributed by atoms with Crippen LogP contribution in [0.15, 0.2) is 42.5 Å². The van der Waals surface area contributed by atoms with Crippen LogP contribution in [0.3, 0.4) is 0 Å². The number of hydrogen-bond donors (Lipinski definition) is 0. The summed E-state index contributed by atoms with van der Waals surface area (Å²) >= 11 is 5.65. The summed E-state index contributed by atoms with van der Waals surface area (Å²) in [6, 6.07) is 12.9. The first-order valence-electron chi connectivity index (χ1n) is 6.28. The molecule has 0 saturated carbocycles. The van der Waals surface area contributed by atoms with E-state index in [-0.39, 0.29) is 11.6 Å². The first-order chi connectivity index (χ1) is 9.22. The summed E-state index contributed by atoms with van der Waals surface area (Å²) in [5.74, 6) is 0.187. The highest BCUT2D eigenvalue weighted by Crippen LogP contribution is 2.20. The molecule has 0 atom stereocenters. The summed E-state index contributed by atoms with van der Waals surface area (Å²) in [7, 11) is 0. The first kappa shape index (κ1) is 13.9. The quantitative estimate of drug-likeness (QED) is 0.720. The van der Waals surface area contributed by atoms with E-state index in [0.29, 0.717) is 12.5 Å². The van der Waals surface area contributed by atoms with Gasteiger partial charge >= 0.3 is 0 Å². The number of halogens is 2.